The Morgan fingerprint density at radius 3 is 2.76 bits per heavy atom. The van der Waals surface area contributed by atoms with E-state index in [4.69, 9.17) is 11.6 Å². The quantitative estimate of drug-likeness (QED) is 0.738. The molecule has 1 aromatic carbocycles. The highest BCUT2D eigenvalue weighted by atomic mass is 127. The summed E-state index contributed by atoms with van der Waals surface area (Å²) in [5.74, 6) is -1.95. The fraction of sp³-hybridized carbons (Fsp3) is 0.286. The molecule has 1 aromatic rings. The van der Waals surface area contributed by atoms with Crippen molar-refractivity contribution in [2.45, 2.75) is 6.92 Å². The Morgan fingerprint density at radius 1 is 1.52 bits per heavy atom. The zero-order valence-corrected chi connectivity index (χ0v) is 14.4. The van der Waals surface area contributed by atoms with Gasteiger partial charge in [-0.05, 0) is 47.7 Å². The van der Waals surface area contributed by atoms with Crippen LogP contribution in [0, 0.1) is 9.49 Å². The number of nitrogens with one attached hydrogen (secondary N) is 1. The van der Waals surface area contributed by atoms with Crippen LogP contribution in [-0.4, -0.2) is 35.5 Å². The molecule has 0 spiro atoms. The van der Waals surface area contributed by atoms with Crippen molar-refractivity contribution in [2.24, 2.45) is 5.92 Å². The molecule has 0 bridgehead atoms. The Morgan fingerprint density at radius 2 is 2.19 bits per heavy atom. The third-order valence-electron chi connectivity index (χ3n) is 3.37. The molecule has 1 amide bonds. The van der Waals surface area contributed by atoms with E-state index in [-0.39, 0.29) is 12.5 Å². The number of likely N-dealkylation sites (N-methyl/N-ethyl adjacent to an activating group) is 1. The van der Waals surface area contributed by atoms with E-state index < -0.39 is 11.9 Å². The van der Waals surface area contributed by atoms with Crippen molar-refractivity contribution in [1.29, 1.82) is 0 Å². The van der Waals surface area contributed by atoms with Crippen LogP contribution in [-0.2, 0) is 9.59 Å². The van der Waals surface area contributed by atoms with E-state index in [1.165, 1.54) is 4.90 Å². The molecule has 0 saturated carbocycles. The first-order chi connectivity index (χ1) is 9.81. The number of amides is 1. The second kappa shape index (κ2) is 6.23. The predicted octanol–water partition coefficient (Wildman–Crippen LogP) is 2.80. The molecule has 1 unspecified atom stereocenters. The highest BCUT2D eigenvalue weighted by Crippen LogP contribution is 2.30. The molecule has 5 nitrogen and oxygen atoms in total. The van der Waals surface area contributed by atoms with Crippen molar-refractivity contribution < 1.29 is 14.7 Å². The van der Waals surface area contributed by atoms with Gasteiger partial charge in [-0.2, -0.15) is 0 Å². The number of hydrogen-bond acceptors (Lipinski definition) is 3. The molecule has 112 valence electrons. The summed E-state index contributed by atoms with van der Waals surface area (Å²) >= 11 is 8.29. The average molecular weight is 421 g/mol. The van der Waals surface area contributed by atoms with E-state index in [0.717, 1.165) is 3.57 Å². The first-order valence-electron chi connectivity index (χ1n) is 6.22. The van der Waals surface area contributed by atoms with E-state index in [0.29, 0.717) is 22.0 Å². The number of rotatable bonds is 3. The largest absolute Gasteiger partial charge is 0.481 e. The first kappa shape index (κ1) is 16.1. The van der Waals surface area contributed by atoms with Gasteiger partial charge in [0, 0.05) is 28.4 Å². The summed E-state index contributed by atoms with van der Waals surface area (Å²) in [6.07, 6.45) is 0. The minimum Gasteiger partial charge on any atom is -0.481 e. The number of carbonyl (C=O) groups excluding carboxylic acids is 1. The topological polar surface area (TPSA) is 69.6 Å². The van der Waals surface area contributed by atoms with Crippen LogP contribution in [0.5, 0.6) is 0 Å². The van der Waals surface area contributed by atoms with Crippen molar-refractivity contribution in [3.05, 3.63) is 38.1 Å². The molecular formula is C14H14ClIN2O3. The van der Waals surface area contributed by atoms with E-state index in [1.807, 2.05) is 6.07 Å². The van der Waals surface area contributed by atoms with Gasteiger partial charge in [-0.1, -0.05) is 11.6 Å². The molecule has 21 heavy (non-hydrogen) atoms. The Balaban J connectivity index is 2.42. The van der Waals surface area contributed by atoms with Crippen LogP contribution in [0.4, 0.5) is 5.69 Å². The van der Waals surface area contributed by atoms with Crippen molar-refractivity contribution in [2.75, 3.05) is 18.9 Å². The van der Waals surface area contributed by atoms with Crippen LogP contribution in [0.2, 0.25) is 5.02 Å². The maximum atomic E-state index is 12.0. The summed E-state index contributed by atoms with van der Waals surface area (Å²) in [6.45, 7) is 1.76. The third kappa shape index (κ3) is 3.32. The molecule has 1 heterocycles. The zero-order valence-electron chi connectivity index (χ0n) is 11.5. The molecule has 0 aromatic heterocycles. The molecular weight excluding hydrogens is 407 g/mol. The predicted molar refractivity (Wildman–Crippen MR) is 89.3 cm³/mol. The van der Waals surface area contributed by atoms with Gasteiger partial charge in [-0.25, -0.2) is 0 Å². The van der Waals surface area contributed by atoms with Crippen molar-refractivity contribution in [3.63, 3.8) is 0 Å². The van der Waals surface area contributed by atoms with Crippen LogP contribution in [0.3, 0.4) is 0 Å². The maximum Gasteiger partial charge on any atom is 0.314 e. The monoisotopic (exact) mass is 420 g/mol. The normalized spacial score (nSPS) is 19.0. The smallest absolute Gasteiger partial charge is 0.314 e. The van der Waals surface area contributed by atoms with Crippen LogP contribution in [0.25, 0.3) is 0 Å². The van der Waals surface area contributed by atoms with Gasteiger partial charge in [0.05, 0.1) is 10.7 Å². The number of nitrogens with zero attached hydrogens (tertiary/aromatic N) is 1. The molecule has 0 radical (unpaired) electrons. The molecule has 0 saturated heterocycles. The van der Waals surface area contributed by atoms with Crippen molar-refractivity contribution >= 4 is 51.8 Å². The van der Waals surface area contributed by atoms with E-state index in [1.54, 1.807) is 26.1 Å². The van der Waals surface area contributed by atoms with Gasteiger partial charge >= 0.3 is 5.97 Å². The molecule has 2 rings (SSSR count). The number of benzene rings is 1. The van der Waals surface area contributed by atoms with Crippen LogP contribution in [0.1, 0.15) is 6.92 Å². The van der Waals surface area contributed by atoms with Crippen LogP contribution < -0.4 is 5.32 Å². The van der Waals surface area contributed by atoms with Crippen molar-refractivity contribution in [3.8, 4) is 0 Å². The minimum absolute atomic E-state index is 0.135. The highest BCUT2D eigenvalue weighted by molar-refractivity contribution is 14.1. The second-order valence-electron chi connectivity index (χ2n) is 4.86. The van der Waals surface area contributed by atoms with Gasteiger partial charge in [0.25, 0.3) is 5.91 Å². The first-order valence-corrected chi connectivity index (χ1v) is 7.68. The molecule has 1 aliphatic heterocycles. The fourth-order valence-electron chi connectivity index (χ4n) is 2.23. The maximum absolute atomic E-state index is 12.0. The van der Waals surface area contributed by atoms with Gasteiger partial charge in [0.15, 0.2) is 0 Å². The number of carboxylic acid groups (broad SMARTS) is 1. The Bertz CT molecular complexity index is 645. The summed E-state index contributed by atoms with van der Waals surface area (Å²) in [4.78, 5) is 24.9. The summed E-state index contributed by atoms with van der Waals surface area (Å²) in [6, 6.07) is 5.40. The standard InChI is InChI=1S/C14H14ClIN2O3/c1-7-12(9(14(20)21)6-18(2)13(7)19)17-11-4-3-8(16)5-10(11)15/h3-5,9,17H,6H2,1-2H3,(H,20,21). The van der Waals surface area contributed by atoms with Gasteiger partial charge in [0.2, 0.25) is 0 Å². The number of hydrogen-bond donors (Lipinski definition) is 2. The molecule has 2 N–H and O–H groups in total. The summed E-state index contributed by atoms with van der Waals surface area (Å²) < 4.78 is 0.975. The van der Waals surface area contributed by atoms with Gasteiger partial charge in [-0.3, -0.25) is 9.59 Å². The lowest BCUT2D eigenvalue weighted by Gasteiger charge is -2.31. The molecule has 7 heteroatoms. The SMILES string of the molecule is CC1=C(Nc2ccc(I)cc2Cl)C(C(=O)O)CN(C)C1=O. The Hall–Kier alpha value is -1.28. The van der Waals surface area contributed by atoms with Crippen LogP contribution in [0.15, 0.2) is 29.5 Å². The number of carboxylic acids is 1. The Kier molecular flexibility index (Phi) is 4.77. The molecule has 1 atom stereocenters. The molecule has 0 aliphatic carbocycles. The zero-order chi connectivity index (χ0) is 15.7. The van der Waals surface area contributed by atoms with Crippen molar-refractivity contribution in [1.82, 2.24) is 4.90 Å². The summed E-state index contributed by atoms with van der Waals surface area (Å²) in [5.41, 5.74) is 1.38. The number of carbonyl (C=O) groups is 2. The Labute approximate surface area is 141 Å². The number of halogens is 2. The van der Waals surface area contributed by atoms with Gasteiger partial charge in [-0.15, -0.1) is 0 Å². The number of anilines is 1. The van der Waals surface area contributed by atoms with E-state index in [2.05, 4.69) is 27.9 Å². The van der Waals surface area contributed by atoms with E-state index in [9.17, 15) is 14.7 Å². The second-order valence-corrected chi connectivity index (χ2v) is 6.52. The molecule has 0 fully saturated rings. The van der Waals surface area contributed by atoms with E-state index >= 15 is 0 Å². The lowest BCUT2D eigenvalue weighted by Crippen LogP contribution is -2.43. The van der Waals surface area contributed by atoms with Crippen LogP contribution >= 0.6 is 34.2 Å². The third-order valence-corrected chi connectivity index (χ3v) is 4.36. The summed E-state index contributed by atoms with van der Waals surface area (Å²) in [5, 5.41) is 12.9. The van der Waals surface area contributed by atoms with Gasteiger partial charge < -0.3 is 15.3 Å². The lowest BCUT2D eigenvalue weighted by atomic mass is 9.95. The summed E-state index contributed by atoms with van der Waals surface area (Å²) in [7, 11) is 1.59. The average Bonchev–Trinajstić information content (AvgIpc) is 2.41. The fourth-order valence-corrected chi connectivity index (χ4v) is 3.13. The lowest BCUT2D eigenvalue weighted by molar-refractivity contribution is -0.142. The molecule has 1 aliphatic rings. The highest BCUT2D eigenvalue weighted by Gasteiger charge is 2.34. The minimum atomic E-state index is -0.974. The van der Waals surface area contributed by atoms with Gasteiger partial charge in [0.1, 0.15) is 5.92 Å². The number of aliphatic carboxylic acids is 1.